The van der Waals surface area contributed by atoms with Gasteiger partial charge in [0.1, 0.15) is 6.54 Å². The van der Waals surface area contributed by atoms with E-state index in [9.17, 15) is 29.8 Å². The van der Waals surface area contributed by atoms with Crippen LogP contribution in [0, 0.1) is 20.2 Å². The highest BCUT2D eigenvalue weighted by Gasteiger charge is 2.27. The maximum atomic E-state index is 11.8. The standard InChI is InChI=1S/C11H10ClN3O7/c1-2-22-9(16)5-13-11(17)6-3-7(14(18)19)10(12)8(4-6)15(20)21/h3-4H,2,5H2,1H3,(H,13,17). The Morgan fingerprint density at radius 3 is 2.14 bits per heavy atom. The van der Waals surface area contributed by atoms with E-state index in [0.717, 1.165) is 12.1 Å². The van der Waals surface area contributed by atoms with Crippen molar-refractivity contribution < 1.29 is 24.2 Å². The molecule has 0 aliphatic carbocycles. The minimum absolute atomic E-state index is 0.118. The third kappa shape index (κ3) is 4.12. The summed E-state index contributed by atoms with van der Waals surface area (Å²) in [6.45, 7) is 1.22. The molecule has 0 saturated heterocycles. The fourth-order valence-corrected chi connectivity index (χ4v) is 1.70. The van der Waals surface area contributed by atoms with Crippen molar-refractivity contribution in [3.05, 3.63) is 42.9 Å². The quantitative estimate of drug-likeness (QED) is 0.472. The number of benzene rings is 1. The molecule has 0 bridgehead atoms. The van der Waals surface area contributed by atoms with E-state index < -0.39 is 44.7 Å². The number of nitrogens with one attached hydrogen (secondary N) is 1. The van der Waals surface area contributed by atoms with Crippen molar-refractivity contribution >= 4 is 34.9 Å². The Kier molecular flexibility index (Phi) is 5.75. The first kappa shape index (κ1) is 17.3. The third-order valence-corrected chi connectivity index (χ3v) is 2.78. The van der Waals surface area contributed by atoms with E-state index in [0.29, 0.717) is 0 Å². The summed E-state index contributed by atoms with van der Waals surface area (Å²) in [5, 5.41) is 23.1. The topological polar surface area (TPSA) is 142 Å². The van der Waals surface area contributed by atoms with Gasteiger partial charge in [-0.15, -0.1) is 0 Å². The third-order valence-electron chi connectivity index (χ3n) is 2.39. The van der Waals surface area contributed by atoms with Crippen LogP contribution in [0.2, 0.25) is 5.02 Å². The molecule has 0 saturated carbocycles. The Balaban J connectivity index is 3.08. The lowest BCUT2D eigenvalue weighted by Crippen LogP contribution is -2.30. The molecule has 0 aromatic heterocycles. The Morgan fingerprint density at radius 1 is 1.23 bits per heavy atom. The van der Waals surface area contributed by atoms with Gasteiger partial charge in [0, 0.05) is 12.1 Å². The summed E-state index contributed by atoms with van der Waals surface area (Å²) in [4.78, 5) is 42.7. The lowest BCUT2D eigenvalue weighted by atomic mass is 10.1. The van der Waals surface area contributed by atoms with Crippen LogP contribution < -0.4 is 5.32 Å². The van der Waals surface area contributed by atoms with Gasteiger partial charge in [0.05, 0.1) is 22.0 Å². The first-order valence-electron chi connectivity index (χ1n) is 5.84. The molecule has 118 valence electrons. The minimum atomic E-state index is -0.947. The number of nitrogens with zero attached hydrogens (tertiary/aromatic N) is 2. The Bertz CT molecular complexity index is 612. The molecule has 11 heteroatoms. The van der Waals surface area contributed by atoms with Gasteiger partial charge in [0.25, 0.3) is 17.3 Å². The van der Waals surface area contributed by atoms with E-state index in [1.807, 2.05) is 0 Å². The second-order valence-electron chi connectivity index (χ2n) is 3.83. The second-order valence-corrected chi connectivity index (χ2v) is 4.21. The highest BCUT2D eigenvalue weighted by atomic mass is 35.5. The lowest BCUT2D eigenvalue weighted by Gasteiger charge is -2.06. The summed E-state index contributed by atoms with van der Waals surface area (Å²) in [6, 6.07) is 1.58. The number of halogens is 1. The zero-order valence-electron chi connectivity index (χ0n) is 11.2. The van der Waals surface area contributed by atoms with Crippen LogP contribution in [-0.4, -0.2) is 34.9 Å². The van der Waals surface area contributed by atoms with Crippen LogP contribution in [0.4, 0.5) is 11.4 Å². The van der Waals surface area contributed by atoms with Gasteiger partial charge >= 0.3 is 5.97 Å². The average molecular weight is 332 g/mol. The summed E-state index contributed by atoms with van der Waals surface area (Å²) in [5.74, 6) is -1.62. The molecule has 0 aliphatic rings. The molecular formula is C11H10ClN3O7. The van der Waals surface area contributed by atoms with Crippen LogP contribution in [-0.2, 0) is 9.53 Å². The van der Waals surface area contributed by atoms with Crippen molar-refractivity contribution in [2.24, 2.45) is 0 Å². The normalized spacial score (nSPS) is 9.91. The Hall–Kier alpha value is -2.75. The molecule has 0 aliphatic heterocycles. The van der Waals surface area contributed by atoms with Crippen molar-refractivity contribution in [3.63, 3.8) is 0 Å². The second kappa shape index (κ2) is 7.31. The predicted molar refractivity (Wildman–Crippen MR) is 73.7 cm³/mol. The molecule has 0 radical (unpaired) electrons. The van der Waals surface area contributed by atoms with E-state index in [-0.39, 0.29) is 12.2 Å². The van der Waals surface area contributed by atoms with E-state index in [1.54, 1.807) is 6.92 Å². The fraction of sp³-hybridized carbons (Fsp3) is 0.273. The van der Waals surface area contributed by atoms with Crippen LogP contribution in [0.15, 0.2) is 12.1 Å². The minimum Gasteiger partial charge on any atom is -0.465 e. The molecule has 0 spiro atoms. The van der Waals surface area contributed by atoms with Crippen molar-refractivity contribution in [2.45, 2.75) is 6.92 Å². The SMILES string of the molecule is CCOC(=O)CNC(=O)c1cc([N+](=O)[O-])c(Cl)c([N+](=O)[O-])c1. The largest absolute Gasteiger partial charge is 0.465 e. The van der Waals surface area contributed by atoms with Gasteiger partial charge in [-0.05, 0) is 6.92 Å². The molecular weight excluding hydrogens is 322 g/mol. The fourth-order valence-electron chi connectivity index (χ4n) is 1.46. The highest BCUT2D eigenvalue weighted by molar-refractivity contribution is 6.35. The number of esters is 1. The maximum Gasteiger partial charge on any atom is 0.325 e. The van der Waals surface area contributed by atoms with Gasteiger partial charge in [-0.2, -0.15) is 0 Å². The van der Waals surface area contributed by atoms with Crippen LogP contribution >= 0.6 is 11.6 Å². The lowest BCUT2D eigenvalue weighted by molar-refractivity contribution is -0.393. The molecule has 0 fully saturated rings. The molecule has 0 heterocycles. The number of nitro benzene ring substituents is 2. The molecule has 1 aromatic rings. The molecule has 1 N–H and O–H groups in total. The van der Waals surface area contributed by atoms with Crippen molar-refractivity contribution in [2.75, 3.05) is 13.2 Å². The summed E-state index contributed by atoms with van der Waals surface area (Å²) < 4.78 is 4.58. The average Bonchev–Trinajstić information content (AvgIpc) is 2.44. The van der Waals surface area contributed by atoms with Gasteiger partial charge in [0.15, 0.2) is 5.02 Å². The van der Waals surface area contributed by atoms with Crippen LogP contribution in [0.5, 0.6) is 0 Å². The molecule has 10 nitrogen and oxygen atoms in total. The summed E-state index contributed by atoms with van der Waals surface area (Å²) in [7, 11) is 0. The zero-order valence-corrected chi connectivity index (χ0v) is 12.0. The summed E-state index contributed by atoms with van der Waals surface area (Å²) in [6.07, 6.45) is 0. The first-order chi connectivity index (χ1) is 10.3. The van der Waals surface area contributed by atoms with Gasteiger partial charge in [-0.1, -0.05) is 11.6 Å². The van der Waals surface area contributed by atoms with Crippen LogP contribution in [0.3, 0.4) is 0 Å². The number of rotatable bonds is 6. The number of carbonyl (C=O) groups is 2. The van der Waals surface area contributed by atoms with Gasteiger partial charge in [-0.25, -0.2) is 0 Å². The predicted octanol–water partition coefficient (Wildman–Crippen LogP) is 1.45. The van der Waals surface area contributed by atoms with Crippen LogP contribution in [0.1, 0.15) is 17.3 Å². The van der Waals surface area contributed by atoms with E-state index in [4.69, 9.17) is 11.6 Å². The molecule has 1 rings (SSSR count). The molecule has 1 amide bonds. The monoisotopic (exact) mass is 331 g/mol. The van der Waals surface area contributed by atoms with E-state index >= 15 is 0 Å². The molecule has 1 aromatic carbocycles. The number of hydrogen-bond donors (Lipinski definition) is 1. The van der Waals surface area contributed by atoms with E-state index in [2.05, 4.69) is 10.1 Å². The van der Waals surface area contributed by atoms with Crippen LogP contribution in [0.25, 0.3) is 0 Å². The highest BCUT2D eigenvalue weighted by Crippen LogP contribution is 2.34. The summed E-state index contributed by atoms with van der Waals surface area (Å²) >= 11 is 5.56. The van der Waals surface area contributed by atoms with Gasteiger partial charge < -0.3 is 10.1 Å². The number of carbonyl (C=O) groups excluding carboxylic acids is 2. The zero-order chi connectivity index (χ0) is 16.9. The van der Waals surface area contributed by atoms with Crippen molar-refractivity contribution in [1.29, 1.82) is 0 Å². The number of amides is 1. The van der Waals surface area contributed by atoms with Crippen molar-refractivity contribution in [3.8, 4) is 0 Å². The molecule has 22 heavy (non-hydrogen) atoms. The summed E-state index contributed by atoms with van der Waals surface area (Å²) in [5.41, 5.74) is -1.93. The number of hydrogen-bond acceptors (Lipinski definition) is 7. The molecule has 0 unspecified atom stereocenters. The van der Waals surface area contributed by atoms with E-state index in [1.165, 1.54) is 0 Å². The Labute approximate surface area is 128 Å². The molecule has 0 atom stereocenters. The first-order valence-corrected chi connectivity index (χ1v) is 6.21. The number of ether oxygens (including phenoxy) is 1. The van der Waals surface area contributed by atoms with Gasteiger partial charge in [0.2, 0.25) is 0 Å². The van der Waals surface area contributed by atoms with Crippen molar-refractivity contribution in [1.82, 2.24) is 5.32 Å². The maximum absolute atomic E-state index is 11.8. The smallest absolute Gasteiger partial charge is 0.325 e. The number of nitro groups is 2. The Morgan fingerprint density at radius 2 is 1.73 bits per heavy atom. The van der Waals surface area contributed by atoms with Gasteiger partial charge in [-0.3, -0.25) is 29.8 Å².